The van der Waals surface area contributed by atoms with Crippen molar-refractivity contribution in [1.82, 2.24) is 4.90 Å². The molecule has 2 heterocycles. The number of likely N-dealkylation sites (tertiary alicyclic amines) is 1. The van der Waals surface area contributed by atoms with E-state index in [0.717, 1.165) is 23.8 Å². The molecule has 2 rings (SSSR count). The van der Waals surface area contributed by atoms with Crippen LogP contribution < -0.4 is 5.73 Å². The van der Waals surface area contributed by atoms with E-state index in [2.05, 4.69) is 11.0 Å². The van der Waals surface area contributed by atoms with Gasteiger partial charge in [-0.1, -0.05) is 11.6 Å². The lowest BCUT2D eigenvalue weighted by Crippen LogP contribution is -2.38. The second kappa shape index (κ2) is 5.88. The summed E-state index contributed by atoms with van der Waals surface area (Å²) in [6.45, 7) is 5.82. The van der Waals surface area contributed by atoms with Crippen LogP contribution in [0.1, 0.15) is 31.2 Å². The van der Waals surface area contributed by atoms with Crippen LogP contribution in [-0.4, -0.2) is 35.2 Å². The van der Waals surface area contributed by atoms with Gasteiger partial charge in [0.2, 0.25) is 0 Å². The number of aliphatic hydroxyl groups is 1. The molecule has 4 unspecified atom stereocenters. The van der Waals surface area contributed by atoms with Crippen molar-refractivity contribution in [3.05, 3.63) is 21.3 Å². The first-order valence-electron chi connectivity index (χ1n) is 6.42. The molecule has 0 radical (unpaired) electrons. The number of nitrogens with zero attached hydrogens (tertiary/aromatic N) is 1. The number of hydrogen-bond donors (Lipinski definition) is 2. The lowest BCUT2D eigenvalue weighted by molar-refractivity contribution is 0.119. The summed E-state index contributed by atoms with van der Waals surface area (Å²) in [4.78, 5) is 3.60. The number of hydrogen-bond acceptors (Lipinski definition) is 4. The van der Waals surface area contributed by atoms with Gasteiger partial charge in [-0.05, 0) is 44.9 Å². The van der Waals surface area contributed by atoms with Crippen LogP contribution in [0.15, 0.2) is 12.1 Å². The SMILES string of the molecule is CC(N)C(c1ccc(Cl)s1)N1CCC(C(C)O)C1. The number of halogens is 1. The van der Waals surface area contributed by atoms with Crippen molar-refractivity contribution in [2.75, 3.05) is 13.1 Å². The first-order valence-corrected chi connectivity index (χ1v) is 7.61. The number of nitrogens with two attached hydrogens (primary N) is 1. The van der Waals surface area contributed by atoms with Crippen molar-refractivity contribution in [3.8, 4) is 0 Å². The highest BCUT2D eigenvalue weighted by Gasteiger charge is 2.33. The molecule has 1 aromatic heterocycles. The third kappa shape index (κ3) is 3.06. The van der Waals surface area contributed by atoms with Crippen molar-refractivity contribution in [2.45, 2.75) is 38.5 Å². The van der Waals surface area contributed by atoms with Crippen molar-refractivity contribution >= 4 is 22.9 Å². The molecule has 18 heavy (non-hydrogen) atoms. The molecule has 0 aromatic carbocycles. The molecular weight excluding hydrogens is 268 g/mol. The predicted molar refractivity (Wildman–Crippen MR) is 77.1 cm³/mol. The Kier molecular flexibility index (Phi) is 4.67. The highest BCUT2D eigenvalue weighted by atomic mass is 35.5. The van der Waals surface area contributed by atoms with E-state index in [1.54, 1.807) is 11.3 Å². The van der Waals surface area contributed by atoms with E-state index in [0.29, 0.717) is 5.92 Å². The van der Waals surface area contributed by atoms with E-state index in [-0.39, 0.29) is 18.2 Å². The lowest BCUT2D eigenvalue weighted by atomic mass is 10.0. The highest BCUT2D eigenvalue weighted by Crippen LogP contribution is 2.35. The Morgan fingerprint density at radius 3 is 2.67 bits per heavy atom. The third-order valence-electron chi connectivity index (χ3n) is 3.72. The summed E-state index contributed by atoms with van der Waals surface area (Å²) in [6, 6.07) is 4.27. The van der Waals surface area contributed by atoms with Crippen LogP contribution in [0.25, 0.3) is 0 Å². The van der Waals surface area contributed by atoms with Crippen LogP contribution in [0.4, 0.5) is 0 Å². The van der Waals surface area contributed by atoms with E-state index in [1.165, 1.54) is 4.88 Å². The lowest BCUT2D eigenvalue weighted by Gasteiger charge is -2.30. The first kappa shape index (κ1) is 14.3. The maximum atomic E-state index is 9.69. The fourth-order valence-corrected chi connectivity index (χ4v) is 4.03. The smallest absolute Gasteiger partial charge is 0.0931 e. The molecule has 0 aliphatic carbocycles. The van der Waals surface area contributed by atoms with Crippen LogP contribution >= 0.6 is 22.9 Å². The van der Waals surface area contributed by atoms with Crippen molar-refractivity contribution in [3.63, 3.8) is 0 Å². The van der Waals surface area contributed by atoms with Gasteiger partial charge in [0.1, 0.15) is 0 Å². The Morgan fingerprint density at radius 2 is 2.22 bits per heavy atom. The van der Waals surface area contributed by atoms with Gasteiger partial charge in [-0.3, -0.25) is 4.90 Å². The molecule has 102 valence electrons. The van der Waals surface area contributed by atoms with E-state index >= 15 is 0 Å². The van der Waals surface area contributed by atoms with Gasteiger partial charge in [-0.25, -0.2) is 0 Å². The maximum absolute atomic E-state index is 9.69. The zero-order valence-electron chi connectivity index (χ0n) is 10.8. The summed E-state index contributed by atoms with van der Waals surface area (Å²) in [7, 11) is 0. The minimum atomic E-state index is -0.240. The van der Waals surface area contributed by atoms with Crippen molar-refractivity contribution in [1.29, 1.82) is 0 Å². The molecule has 3 N–H and O–H groups in total. The third-order valence-corrected chi connectivity index (χ3v) is 5.02. The van der Waals surface area contributed by atoms with Gasteiger partial charge in [0.15, 0.2) is 0 Å². The van der Waals surface area contributed by atoms with E-state index in [4.69, 9.17) is 17.3 Å². The van der Waals surface area contributed by atoms with Gasteiger partial charge >= 0.3 is 0 Å². The van der Waals surface area contributed by atoms with E-state index in [1.807, 2.05) is 19.9 Å². The summed E-state index contributed by atoms with van der Waals surface area (Å²) in [6.07, 6.45) is 0.802. The van der Waals surface area contributed by atoms with Crippen LogP contribution in [-0.2, 0) is 0 Å². The minimum Gasteiger partial charge on any atom is -0.393 e. The molecule has 3 nitrogen and oxygen atoms in total. The van der Waals surface area contributed by atoms with Crippen molar-refractivity contribution in [2.24, 2.45) is 11.7 Å². The van der Waals surface area contributed by atoms with Crippen LogP contribution in [0.2, 0.25) is 4.34 Å². The molecule has 4 atom stereocenters. The van der Waals surface area contributed by atoms with Gasteiger partial charge in [0.25, 0.3) is 0 Å². The second-order valence-electron chi connectivity index (χ2n) is 5.23. The molecule has 1 saturated heterocycles. The molecule has 0 bridgehead atoms. The molecule has 1 aliphatic heterocycles. The fourth-order valence-electron chi connectivity index (χ4n) is 2.72. The summed E-state index contributed by atoms with van der Waals surface area (Å²) in [5.74, 6) is 0.363. The van der Waals surface area contributed by atoms with Crippen molar-refractivity contribution < 1.29 is 5.11 Å². The molecule has 0 spiro atoms. The Morgan fingerprint density at radius 1 is 1.50 bits per heavy atom. The zero-order valence-corrected chi connectivity index (χ0v) is 12.4. The van der Waals surface area contributed by atoms with Gasteiger partial charge in [-0.2, -0.15) is 0 Å². The summed E-state index contributed by atoms with van der Waals surface area (Å²) < 4.78 is 0.807. The molecule has 1 aliphatic rings. The highest BCUT2D eigenvalue weighted by molar-refractivity contribution is 7.16. The van der Waals surface area contributed by atoms with Crippen LogP contribution in [0.5, 0.6) is 0 Å². The molecular formula is C13H21ClN2OS. The molecule has 0 saturated carbocycles. The Labute approximate surface area is 118 Å². The Hall–Kier alpha value is -0.130. The predicted octanol–water partition coefficient (Wildman–Crippen LogP) is 2.49. The zero-order chi connectivity index (χ0) is 13.3. The van der Waals surface area contributed by atoms with Gasteiger partial charge in [-0.15, -0.1) is 11.3 Å². The number of thiophene rings is 1. The summed E-state index contributed by atoms with van der Waals surface area (Å²) in [5, 5.41) is 9.69. The van der Waals surface area contributed by atoms with Gasteiger partial charge in [0, 0.05) is 17.5 Å². The normalized spacial score (nSPS) is 26.2. The maximum Gasteiger partial charge on any atom is 0.0931 e. The summed E-state index contributed by atoms with van der Waals surface area (Å²) >= 11 is 7.62. The molecule has 5 heteroatoms. The average molecular weight is 289 g/mol. The fraction of sp³-hybridized carbons (Fsp3) is 0.692. The number of aliphatic hydroxyl groups excluding tert-OH is 1. The average Bonchev–Trinajstić information content (AvgIpc) is 2.88. The monoisotopic (exact) mass is 288 g/mol. The topological polar surface area (TPSA) is 49.5 Å². The van der Waals surface area contributed by atoms with E-state index in [9.17, 15) is 5.11 Å². The first-order chi connectivity index (χ1) is 8.49. The quantitative estimate of drug-likeness (QED) is 0.895. The number of rotatable bonds is 4. The standard InChI is InChI=1S/C13H21ClN2OS/c1-8(15)13(11-3-4-12(14)18-11)16-6-5-10(7-16)9(2)17/h3-4,8-10,13,17H,5-7,15H2,1-2H3. The van der Waals surface area contributed by atoms with Crippen LogP contribution in [0, 0.1) is 5.92 Å². The van der Waals surface area contributed by atoms with E-state index < -0.39 is 0 Å². The second-order valence-corrected chi connectivity index (χ2v) is 6.98. The summed E-state index contributed by atoms with van der Waals surface area (Å²) in [5.41, 5.74) is 6.14. The Balaban J connectivity index is 2.12. The van der Waals surface area contributed by atoms with Gasteiger partial charge in [0.05, 0.1) is 16.5 Å². The van der Waals surface area contributed by atoms with Crippen LogP contribution in [0.3, 0.4) is 0 Å². The Bertz CT molecular complexity index is 394. The molecule has 1 fully saturated rings. The molecule has 1 aromatic rings. The minimum absolute atomic E-state index is 0.0625. The molecule has 0 amide bonds. The largest absolute Gasteiger partial charge is 0.393 e. The van der Waals surface area contributed by atoms with Gasteiger partial charge < -0.3 is 10.8 Å².